The number of anilines is 1. The van der Waals surface area contributed by atoms with Gasteiger partial charge in [-0.25, -0.2) is 14.5 Å². The van der Waals surface area contributed by atoms with Gasteiger partial charge in [0.05, 0.1) is 22.7 Å². The maximum atomic E-state index is 12.4. The highest BCUT2D eigenvalue weighted by Gasteiger charge is 2.28. The summed E-state index contributed by atoms with van der Waals surface area (Å²) in [6, 6.07) is 10.7. The number of nitro benzene ring substituents is 1. The van der Waals surface area contributed by atoms with Gasteiger partial charge in [-0.2, -0.15) is 0 Å². The van der Waals surface area contributed by atoms with E-state index in [0.29, 0.717) is 10.5 Å². The fourth-order valence-corrected chi connectivity index (χ4v) is 2.20. The van der Waals surface area contributed by atoms with E-state index in [4.69, 9.17) is 10.5 Å². The zero-order valence-electron chi connectivity index (χ0n) is 13.9. The lowest BCUT2D eigenvalue weighted by atomic mass is 10.1. The highest BCUT2D eigenvalue weighted by molar-refractivity contribution is 6.15. The van der Waals surface area contributed by atoms with E-state index in [9.17, 15) is 29.6 Å². The van der Waals surface area contributed by atoms with Crippen molar-refractivity contribution in [1.29, 1.82) is 0 Å². The number of aromatic carboxylic acids is 1. The maximum Gasteiger partial charge on any atom is 0.421 e. The van der Waals surface area contributed by atoms with Gasteiger partial charge in [0, 0.05) is 12.1 Å². The Bertz CT molecular complexity index is 880. The Morgan fingerprint density at radius 3 is 2.30 bits per heavy atom. The van der Waals surface area contributed by atoms with E-state index in [0.717, 1.165) is 0 Å². The Kier molecular flexibility index (Phi) is 6.18. The largest absolute Gasteiger partial charge is 0.478 e. The summed E-state index contributed by atoms with van der Waals surface area (Å²) in [6.07, 6.45) is -1.11. The van der Waals surface area contributed by atoms with Crippen LogP contribution in [0.3, 0.4) is 0 Å². The number of rotatable bonds is 6. The molecule has 27 heavy (non-hydrogen) atoms. The molecule has 2 aromatic rings. The molecule has 0 aliphatic rings. The topological polar surface area (TPSA) is 153 Å². The van der Waals surface area contributed by atoms with Crippen LogP contribution in [0.5, 0.6) is 0 Å². The highest BCUT2D eigenvalue weighted by atomic mass is 16.6. The zero-order chi connectivity index (χ0) is 20.0. The Labute approximate surface area is 152 Å². The monoisotopic (exact) mass is 373 g/mol. The van der Waals surface area contributed by atoms with Gasteiger partial charge in [0.25, 0.3) is 5.69 Å². The zero-order valence-corrected chi connectivity index (χ0v) is 13.9. The number of imide groups is 1. The average molecular weight is 373 g/mol. The molecule has 10 heteroatoms. The van der Waals surface area contributed by atoms with Gasteiger partial charge in [0.1, 0.15) is 6.61 Å². The highest BCUT2D eigenvalue weighted by Crippen LogP contribution is 2.22. The van der Waals surface area contributed by atoms with E-state index in [1.807, 2.05) is 0 Å². The minimum absolute atomic E-state index is 0.125. The lowest BCUT2D eigenvalue weighted by Gasteiger charge is -2.21. The van der Waals surface area contributed by atoms with Crippen LogP contribution in [0, 0.1) is 10.1 Å². The molecule has 140 valence electrons. The molecule has 0 radical (unpaired) electrons. The van der Waals surface area contributed by atoms with Crippen LogP contribution in [0.4, 0.5) is 16.2 Å². The Hall–Kier alpha value is -3.79. The number of ether oxygens (including phenoxy) is 1. The van der Waals surface area contributed by atoms with Crippen LogP contribution in [0.1, 0.15) is 15.9 Å². The second kappa shape index (κ2) is 8.54. The van der Waals surface area contributed by atoms with E-state index in [-0.39, 0.29) is 23.5 Å². The summed E-state index contributed by atoms with van der Waals surface area (Å²) in [5, 5.41) is 19.9. The number of hydrogen-bond donors (Lipinski definition) is 2. The van der Waals surface area contributed by atoms with Crippen molar-refractivity contribution in [3.63, 3.8) is 0 Å². The molecule has 0 aromatic heterocycles. The molecule has 0 unspecified atom stereocenters. The smallest absolute Gasteiger partial charge is 0.421 e. The molecule has 0 aliphatic heterocycles. The molecule has 3 N–H and O–H groups in total. The van der Waals surface area contributed by atoms with Crippen LogP contribution in [-0.2, 0) is 16.1 Å². The van der Waals surface area contributed by atoms with Crippen LogP contribution in [0.2, 0.25) is 0 Å². The van der Waals surface area contributed by atoms with Crippen molar-refractivity contribution < 1.29 is 29.2 Å². The summed E-state index contributed by atoms with van der Waals surface area (Å²) in [5.41, 5.74) is 5.19. The summed E-state index contributed by atoms with van der Waals surface area (Å²) in [5.74, 6) is -2.18. The average Bonchev–Trinajstić information content (AvgIpc) is 2.66. The van der Waals surface area contributed by atoms with Gasteiger partial charge in [-0.15, -0.1) is 0 Å². The van der Waals surface area contributed by atoms with Gasteiger partial charge < -0.3 is 15.6 Å². The van der Waals surface area contributed by atoms with E-state index in [1.54, 1.807) is 0 Å². The number of carbonyl (C=O) groups is 3. The predicted octanol–water partition coefficient (Wildman–Crippen LogP) is 1.92. The molecule has 10 nitrogen and oxygen atoms in total. The van der Waals surface area contributed by atoms with E-state index >= 15 is 0 Å². The van der Waals surface area contributed by atoms with E-state index in [2.05, 4.69) is 0 Å². The molecule has 0 saturated heterocycles. The quantitative estimate of drug-likeness (QED) is 0.575. The summed E-state index contributed by atoms with van der Waals surface area (Å²) < 4.78 is 5.05. The van der Waals surface area contributed by atoms with Crippen LogP contribution in [-0.4, -0.2) is 34.5 Å². The lowest BCUT2D eigenvalue weighted by molar-refractivity contribution is -0.384. The first-order valence-electron chi connectivity index (χ1n) is 7.60. The molecule has 2 amide bonds. The summed E-state index contributed by atoms with van der Waals surface area (Å²) in [7, 11) is 0. The van der Waals surface area contributed by atoms with Crippen LogP contribution in [0.25, 0.3) is 0 Å². The Morgan fingerprint density at radius 1 is 1.11 bits per heavy atom. The van der Waals surface area contributed by atoms with Crippen LogP contribution >= 0.6 is 0 Å². The van der Waals surface area contributed by atoms with Crippen molar-refractivity contribution in [2.24, 2.45) is 5.73 Å². The fourth-order valence-electron chi connectivity index (χ4n) is 2.20. The van der Waals surface area contributed by atoms with Gasteiger partial charge in [0.2, 0.25) is 5.91 Å². The minimum Gasteiger partial charge on any atom is -0.478 e. The summed E-state index contributed by atoms with van der Waals surface area (Å²) in [6.45, 7) is -0.818. The first-order valence-corrected chi connectivity index (χ1v) is 7.60. The number of benzene rings is 2. The molecule has 0 bridgehead atoms. The van der Waals surface area contributed by atoms with Gasteiger partial charge in [-0.05, 0) is 29.8 Å². The van der Waals surface area contributed by atoms with Crippen molar-refractivity contribution in [1.82, 2.24) is 0 Å². The molecule has 2 aromatic carbocycles. The van der Waals surface area contributed by atoms with E-state index in [1.165, 1.54) is 48.5 Å². The Balaban J connectivity index is 2.22. The van der Waals surface area contributed by atoms with Crippen LogP contribution < -0.4 is 10.6 Å². The Morgan fingerprint density at radius 2 is 1.74 bits per heavy atom. The predicted molar refractivity (Wildman–Crippen MR) is 93.2 cm³/mol. The van der Waals surface area contributed by atoms with Gasteiger partial charge >= 0.3 is 12.1 Å². The first kappa shape index (κ1) is 19.5. The van der Waals surface area contributed by atoms with Crippen molar-refractivity contribution in [2.45, 2.75) is 6.61 Å². The molecule has 0 saturated carbocycles. The van der Waals surface area contributed by atoms with Crippen molar-refractivity contribution in [2.75, 3.05) is 11.4 Å². The number of amides is 2. The third-order valence-electron chi connectivity index (χ3n) is 3.49. The SMILES string of the molecule is NCC(=O)N(C(=O)OCc1ccc([N+](=O)[O-])cc1)c1ccccc1C(=O)O. The number of para-hydroxylation sites is 1. The van der Waals surface area contributed by atoms with Gasteiger partial charge in [-0.1, -0.05) is 12.1 Å². The molecule has 0 aliphatic carbocycles. The molecule has 0 spiro atoms. The number of carbonyl (C=O) groups excluding carboxylic acids is 2. The number of nitrogens with zero attached hydrogens (tertiary/aromatic N) is 2. The number of non-ortho nitro benzene ring substituents is 1. The van der Waals surface area contributed by atoms with Crippen molar-refractivity contribution >= 4 is 29.3 Å². The second-order valence-corrected chi connectivity index (χ2v) is 5.23. The summed E-state index contributed by atoms with van der Waals surface area (Å²) >= 11 is 0. The molecule has 0 heterocycles. The van der Waals surface area contributed by atoms with Crippen LogP contribution in [0.15, 0.2) is 48.5 Å². The van der Waals surface area contributed by atoms with E-state index < -0.39 is 29.4 Å². The maximum absolute atomic E-state index is 12.4. The van der Waals surface area contributed by atoms with Gasteiger partial charge in [0.15, 0.2) is 0 Å². The number of carboxylic acid groups (broad SMARTS) is 1. The molecule has 2 rings (SSSR count). The molecular weight excluding hydrogens is 358 g/mol. The third-order valence-corrected chi connectivity index (χ3v) is 3.49. The summed E-state index contributed by atoms with van der Waals surface area (Å²) in [4.78, 5) is 46.5. The van der Waals surface area contributed by atoms with Gasteiger partial charge in [-0.3, -0.25) is 14.9 Å². The molecular formula is C17H15N3O7. The second-order valence-electron chi connectivity index (χ2n) is 5.23. The normalized spacial score (nSPS) is 10.1. The fraction of sp³-hybridized carbons (Fsp3) is 0.118. The number of nitrogens with two attached hydrogens (primary N) is 1. The lowest BCUT2D eigenvalue weighted by Crippen LogP contribution is -2.42. The number of nitro groups is 1. The van der Waals surface area contributed by atoms with Crippen molar-refractivity contribution in [3.05, 3.63) is 69.8 Å². The number of hydrogen-bond acceptors (Lipinski definition) is 7. The standard InChI is InChI=1S/C17H15N3O7/c18-9-15(21)19(14-4-2-1-3-13(14)16(22)23)17(24)27-10-11-5-7-12(8-6-11)20(25)26/h1-8H,9-10,18H2,(H,22,23). The van der Waals surface area contributed by atoms with Crippen molar-refractivity contribution in [3.8, 4) is 0 Å². The molecule has 0 fully saturated rings. The third kappa shape index (κ3) is 4.64. The minimum atomic E-state index is -1.33. The molecule has 0 atom stereocenters. The number of carboxylic acids is 1. The first-order chi connectivity index (χ1) is 12.8.